The normalized spacial score (nSPS) is 15.2. The average molecular weight is 509 g/mol. The van der Waals surface area contributed by atoms with Gasteiger partial charge in [-0.3, -0.25) is 23.9 Å². The van der Waals surface area contributed by atoms with Gasteiger partial charge < -0.3 is 15.0 Å². The fourth-order valence-corrected chi connectivity index (χ4v) is 4.50. The molecule has 0 bridgehead atoms. The summed E-state index contributed by atoms with van der Waals surface area (Å²) in [6.45, 7) is 5.54. The van der Waals surface area contributed by atoms with Gasteiger partial charge in [-0.1, -0.05) is 32.9 Å². The number of hydrogen-bond donors (Lipinski definition) is 2. The molecule has 4 rings (SSSR count). The van der Waals surface area contributed by atoms with Crippen molar-refractivity contribution in [3.8, 4) is 5.75 Å². The molecule has 2 N–H and O–H groups in total. The molecule has 2 aromatic carbocycles. The first-order chi connectivity index (χ1) is 17.5. The lowest BCUT2D eigenvalue weighted by atomic mass is 9.86. The van der Waals surface area contributed by atoms with E-state index in [0.29, 0.717) is 23.3 Å². The van der Waals surface area contributed by atoms with E-state index in [1.165, 1.54) is 17.2 Å². The lowest BCUT2D eigenvalue weighted by Gasteiger charge is -2.36. The van der Waals surface area contributed by atoms with Crippen LogP contribution in [0.15, 0.2) is 58.3 Å². The Morgan fingerprint density at radius 2 is 1.89 bits per heavy atom. The quantitative estimate of drug-likeness (QED) is 0.550. The number of halogens is 1. The van der Waals surface area contributed by atoms with Gasteiger partial charge in [0, 0.05) is 24.5 Å². The van der Waals surface area contributed by atoms with Crippen LogP contribution in [-0.2, 0) is 28.0 Å². The van der Waals surface area contributed by atoms with Crippen LogP contribution in [0.1, 0.15) is 43.5 Å². The zero-order valence-electron chi connectivity index (χ0n) is 21.1. The lowest BCUT2D eigenvalue weighted by Crippen LogP contribution is -2.47. The molecule has 0 unspecified atom stereocenters. The first kappa shape index (κ1) is 25.9. The van der Waals surface area contributed by atoms with Crippen molar-refractivity contribution in [2.75, 3.05) is 19.0 Å². The maximum absolute atomic E-state index is 14.8. The van der Waals surface area contributed by atoms with Crippen molar-refractivity contribution >= 4 is 17.5 Å². The first-order valence-corrected chi connectivity index (χ1v) is 11.8. The summed E-state index contributed by atoms with van der Waals surface area (Å²) in [5.41, 5.74) is 0.536. The number of amides is 2. The zero-order chi connectivity index (χ0) is 26.9. The fourth-order valence-electron chi connectivity index (χ4n) is 4.50. The van der Waals surface area contributed by atoms with Crippen LogP contribution < -0.4 is 21.3 Å². The molecule has 37 heavy (non-hydrogen) atoms. The largest absolute Gasteiger partial charge is 0.497 e. The highest BCUT2D eigenvalue weighted by Gasteiger charge is 2.36. The van der Waals surface area contributed by atoms with Crippen LogP contribution in [-0.4, -0.2) is 39.9 Å². The summed E-state index contributed by atoms with van der Waals surface area (Å²) in [4.78, 5) is 53.9. The predicted octanol–water partition coefficient (Wildman–Crippen LogP) is 2.75. The summed E-state index contributed by atoms with van der Waals surface area (Å²) in [6.07, 6.45) is 1.70. The highest BCUT2D eigenvalue weighted by atomic mass is 19.1. The average Bonchev–Trinajstić information content (AvgIpc) is 2.83. The number of aromatic amines is 1. The van der Waals surface area contributed by atoms with Crippen molar-refractivity contribution in [2.24, 2.45) is 0 Å². The molecule has 0 fully saturated rings. The molecule has 0 saturated carbocycles. The van der Waals surface area contributed by atoms with Crippen molar-refractivity contribution < 1.29 is 18.7 Å². The molecule has 1 aliphatic rings. The van der Waals surface area contributed by atoms with Crippen LogP contribution in [0.25, 0.3) is 0 Å². The van der Waals surface area contributed by atoms with Gasteiger partial charge in [0.15, 0.2) is 0 Å². The molecule has 3 aromatic rings. The number of anilines is 1. The number of aromatic nitrogens is 2. The second kappa shape index (κ2) is 10.0. The number of rotatable bonds is 5. The number of fused-ring (bicyclic) bond motifs is 1. The predicted molar refractivity (Wildman–Crippen MR) is 136 cm³/mol. The Kier molecular flexibility index (Phi) is 7.02. The summed E-state index contributed by atoms with van der Waals surface area (Å²) < 4.78 is 21.2. The number of ether oxygens (including phenoxy) is 1. The monoisotopic (exact) mass is 508 g/mol. The minimum atomic E-state index is -1.02. The molecule has 2 heterocycles. The van der Waals surface area contributed by atoms with E-state index in [4.69, 9.17) is 4.74 Å². The molecule has 1 aliphatic heterocycles. The van der Waals surface area contributed by atoms with Crippen LogP contribution in [0, 0.1) is 5.82 Å². The van der Waals surface area contributed by atoms with E-state index in [9.17, 15) is 23.6 Å². The summed E-state index contributed by atoms with van der Waals surface area (Å²) in [6, 6.07) is 9.91. The number of nitrogens with one attached hydrogen (secondary N) is 2. The Balaban J connectivity index is 1.67. The summed E-state index contributed by atoms with van der Waals surface area (Å²) in [7, 11) is 1.54. The molecular formula is C27H29FN4O5. The second-order valence-corrected chi connectivity index (χ2v) is 9.98. The highest BCUT2D eigenvalue weighted by molar-refractivity contribution is 5.98. The van der Waals surface area contributed by atoms with Gasteiger partial charge >= 0.3 is 5.69 Å². The minimum absolute atomic E-state index is 0.215. The molecule has 2 amide bonds. The van der Waals surface area contributed by atoms with E-state index < -0.39 is 40.3 Å². The fraction of sp³-hybridized carbons (Fsp3) is 0.333. The number of H-pyrrole nitrogens is 1. The van der Waals surface area contributed by atoms with E-state index in [2.05, 4.69) is 10.3 Å². The van der Waals surface area contributed by atoms with Gasteiger partial charge in [0.2, 0.25) is 5.91 Å². The SMILES string of the molecule is COc1ccc2c(c1)CCN(C(=O)Cn1ccc(=O)[nH]c1=O)[C@H]2C(=O)Nc1ccc(C(C)(C)C)c(F)c1. The molecule has 1 aromatic heterocycles. The van der Waals surface area contributed by atoms with Crippen LogP contribution in [0.5, 0.6) is 5.75 Å². The first-order valence-electron chi connectivity index (χ1n) is 11.8. The molecule has 0 aliphatic carbocycles. The number of carbonyl (C=O) groups excluding carboxylic acids is 2. The van der Waals surface area contributed by atoms with Crippen LogP contribution in [0.2, 0.25) is 0 Å². The highest BCUT2D eigenvalue weighted by Crippen LogP contribution is 2.34. The van der Waals surface area contributed by atoms with Crippen molar-refractivity contribution in [3.63, 3.8) is 0 Å². The number of carbonyl (C=O) groups is 2. The van der Waals surface area contributed by atoms with Gasteiger partial charge in [-0.25, -0.2) is 9.18 Å². The molecule has 0 saturated heterocycles. The van der Waals surface area contributed by atoms with Gasteiger partial charge in [0.05, 0.1) is 7.11 Å². The van der Waals surface area contributed by atoms with Crippen LogP contribution in [0.3, 0.4) is 0 Å². The van der Waals surface area contributed by atoms with Gasteiger partial charge in [-0.2, -0.15) is 0 Å². The number of methoxy groups -OCH3 is 1. The second-order valence-electron chi connectivity index (χ2n) is 9.98. The number of hydrogen-bond acceptors (Lipinski definition) is 5. The minimum Gasteiger partial charge on any atom is -0.497 e. The van der Waals surface area contributed by atoms with Gasteiger partial charge in [-0.05, 0) is 52.8 Å². The van der Waals surface area contributed by atoms with E-state index in [1.54, 1.807) is 31.4 Å². The third-order valence-corrected chi connectivity index (χ3v) is 6.39. The van der Waals surface area contributed by atoms with Gasteiger partial charge in [0.25, 0.3) is 11.5 Å². The number of benzene rings is 2. The molecule has 1 atom stereocenters. The van der Waals surface area contributed by atoms with Crippen molar-refractivity contribution in [2.45, 2.75) is 45.2 Å². The van der Waals surface area contributed by atoms with Crippen LogP contribution in [0.4, 0.5) is 10.1 Å². The lowest BCUT2D eigenvalue weighted by molar-refractivity contribution is -0.140. The molecule has 10 heteroatoms. The summed E-state index contributed by atoms with van der Waals surface area (Å²) >= 11 is 0. The third-order valence-electron chi connectivity index (χ3n) is 6.39. The summed E-state index contributed by atoms with van der Waals surface area (Å²) in [5.74, 6) is -0.817. The van der Waals surface area contributed by atoms with Crippen LogP contribution >= 0.6 is 0 Å². The Labute approximate surface area is 212 Å². The molecular weight excluding hydrogens is 479 g/mol. The van der Waals surface area contributed by atoms with Crippen molar-refractivity contribution in [3.05, 3.63) is 92.0 Å². The Bertz CT molecular complexity index is 1470. The number of nitrogens with zero attached hydrogens (tertiary/aromatic N) is 2. The third kappa shape index (κ3) is 5.47. The Hall–Kier alpha value is -4.21. The Morgan fingerprint density at radius 3 is 2.54 bits per heavy atom. The van der Waals surface area contributed by atoms with Gasteiger partial charge in [-0.15, -0.1) is 0 Å². The van der Waals surface area contributed by atoms with E-state index >= 15 is 0 Å². The molecule has 0 radical (unpaired) electrons. The van der Waals surface area contributed by atoms with Crippen molar-refractivity contribution in [1.82, 2.24) is 14.5 Å². The zero-order valence-corrected chi connectivity index (χ0v) is 21.1. The topological polar surface area (TPSA) is 114 Å². The molecule has 0 spiro atoms. The molecule has 9 nitrogen and oxygen atoms in total. The van der Waals surface area contributed by atoms with Gasteiger partial charge in [0.1, 0.15) is 24.2 Å². The van der Waals surface area contributed by atoms with Crippen molar-refractivity contribution in [1.29, 1.82) is 0 Å². The standard InChI is InChI=1S/C27H29FN4O5/c1-27(2,3)20-8-5-17(14-21(20)28)29-25(35)24-19-7-6-18(37-4)13-16(19)9-12-32(24)23(34)15-31-11-10-22(33)30-26(31)36/h5-8,10-11,13-14,24H,9,12,15H2,1-4H3,(H,29,35)(H,30,33,36)/t24-/m1/s1. The van der Waals surface area contributed by atoms with E-state index in [1.807, 2.05) is 26.8 Å². The Morgan fingerprint density at radius 1 is 1.14 bits per heavy atom. The maximum atomic E-state index is 14.8. The summed E-state index contributed by atoms with van der Waals surface area (Å²) in [5, 5.41) is 2.75. The van der Waals surface area contributed by atoms with E-state index in [0.717, 1.165) is 16.2 Å². The van der Waals surface area contributed by atoms with E-state index in [-0.39, 0.29) is 18.8 Å². The molecule has 194 valence electrons. The smallest absolute Gasteiger partial charge is 0.328 e. The maximum Gasteiger partial charge on any atom is 0.328 e.